The number of nitrogens with one attached hydrogen (secondary N) is 1. The Labute approximate surface area is 82.9 Å². The predicted octanol–water partition coefficient (Wildman–Crippen LogP) is 0.974. The second kappa shape index (κ2) is 4.88. The molecule has 1 aliphatic heterocycles. The Balaban J connectivity index is 2.51. The second-order valence-corrected chi connectivity index (χ2v) is 5.93. The standard InChI is InChI=1S/C5H8N2O2S3/c1-6-3(8)4-10-2-11-5(7-9)12-4/h4,9H,2H2,1H3,(H,6,8). The first-order valence-corrected chi connectivity index (χ1v) is 6.04. The van der Waals surface area contributed by atoms with Crippen LogP contribution < -0.4 is 5.32 Å². The Hall–Kier alpha value is -0.0100. The molecule has 1 amide bonds. The van der Waals surface area contributed by atoms with E-state index < -0.39 is 0 Å². The predicted molar refractivity (Wildman–Crippen MR) is 54.7 cm³/mol. The fourth-order valence-electron chi connectivity index (χ4n) is 0.605. The van der Waals surface area contributed by atoms with Crippen molar-refractivity contribution in [3.8, 4) is 0 Å². The maximum absolute atomic E-state index is 11.1. The lowest BCUT2D eigenvalue weighted by molar-refractivity contribution is -0.118. The minimum absolute atomic E-state index is 0.0357. The van der Waals surface area contributed by atoms with Crippen molar-refractivity contribution < 1.29 is 10.0 Å². The van der Waals surface area contributed by atoms with E-state index in [1.807, 2.05) is 0 Å². The number of hydrogen-bond acceptors (Lipinski definition) is 6. The molecular formula is C5H8N2O2S3. The molecule has 0 spiro atoms. The van der Waals surface area contributed by atoms with Gasteiger partial charge in [-0.25, -0.2) is 0 Å². The number of oxime groups is 1. The van der Waals surface area contributed by atoms with Gasteiger partial charge in [0.05, 0.1) is 0 Å². The van der Waals surface area contributed by atoms with Gasteiger partial charge in [-0.2, -0.15) is 0 Å². The molecule has 1 rings (SSSR count). The molecule has 0 bridgehead atoms. The molecule has 0 aromatic rings. The molecule has 1 heterocycles. The summed E-state index contributed by atoms with van der Waals surface area (Å²) in [6.07, 6.45) is 0. The first-order chi connectivity index (χ1) is 5.77. The Kier molecular flexibility index (Phi) is 4.10. The van der Waals surface area contributed by atoms with Crippen molar-refractivity contribution in [1.29, 1.82) is 0 Å². The molecule has 1 aliphatic rings. The number of carbonyl (C=O) groups is 1. The summed E-state index contributed by atoms with van der Waals surface area (Å²) in [6.45, 7) is 0. The first-order valence-electron chi connectivity index (χ1n) is 3.12. The van der Waals surface area contributed by atoms with Gasteiger partial charge in [-0.15, -0.1) is 11.8 Å². The average Bonchev–Trinajstić information content (AvgIpc) is 2.17. The van der Waals surface area contributed by atoms with Crippen LogP contribution in [0.4, 0.5) is 0 Å². The summed E-state index contributed by atoms with van der Waals surface area (Å²) < 4.78 is 0.379. The van der Waals surface area contributed by atoms with Gasteiger partial charge < -0.3 is 10.5 Å². The van der Waals surface area contributed by atoms with E-state index in [0.717, 1.165) is 5.08 Å². The Bertz CT molecular complexity index is 209. The number of carbonyl (C=O) groups excluding carboxylic acids is 1. The van der Waals surface area contributed by atoms with Gasteiger partial charge in [-0.05, 0) is 0 Å². The van der Waals surface area contributed by atoms with Crippen LogP contribution in [0.25, 0.3) is 0 Å². The topological polar surface area (TPSA) is 61.7 Å². The molecular weight excluding hydrogens is 216 g/mol. The number of thioether (sulfide) groups is 3. The van der Waals surface area contributed by atoms with Gasteiger partial charge in [0.1, 0.15) is 4.58 Å². The van der Waals surface area contributed by atoms with Gasteiger partial charge in [-0.3, -0.25) is 4.79 Å². The lowest BCUT2D eigenvalue weighted by Gasteiger charge is -2.18. The van der Waals surface area contributed by atoms with Gasteiger partial charge >= 0.3 is 0 Å². The van der Waals surface area contributed by atoms with Crippen molar-refractivity contribution in [2.75, 3.05) is 12.1 Å². The van der Waals surface area contributed by atoms with E-state index in [2.05, 4.69) is 10.5 Å². The van der Waals surface area contributed by atoms with Crippen molar-refractivity contribution in [3.05, 3.63) is 0 Å². The van der Waals surface area contributed by atoms with Crippen molar-refractivity contribution in [2.45, 2.75) is 4.58 Å². The fraction of sp³-hybridized carbons (Fsp3) is 0.600. The lowest BCUT2D eigenvalue weighted by atomic mass is 10.7. The number of hydrogen-bond donors (Lipinski definition) is 2. The number of amides is 1. The highest BCUT2D eigenvalue weighted by molar-refractivity contribution is 8.48. The van der Waals surface area contributed by atoms with E-state index in [-0.39, 0.29) is 10.5 Å². The smallest absolute Gasteiger partial charge is 0.243 e. The Morgan fingerprint density at radius 3 is 3.17 bits per heavy atom. The van der Waals surface area contributed by atoms with E-state index in [1.165, 1.54) is 35.3 Å². The summed E-state index contributed by atoms with van der Waals surface area (Å²) >= 11 is 4.26. The molecule has 12 heavy (non-hydrogen) atoms. The van der Waals surface area contributed by atoms with Crippen molar-refractivity contribution in [3.63, 3.8) is 0 Å². The summed E-state index contributed by atoms with van der Waals surface area (Å²) in [7, 11) is 1.60. The van der Waals surface area contributed by atoms with Gasteiger partial charge in [-0.1, -0.05) is 28.7 Å². The molecule has 1 unspecified atom stereocenters. The Morgan fingerprint density at radius 1 is 1.83 bits per heavy atom. The van der Waals surface area contributed by atoms with Crippen LogP contribution >= 0.6 is 35.3 Å². The molecule has 0 aromatic heterocycles. The molecule has 0 aliphatic carbocycles. The van der Waals surface area contributed by atoms with Crippen LogP contribution in [0.15, 0.2) is 5.16 Å². The SMILES string of the molecule is CNC(=O)C1SCSC(=NO)S1. The lowest BCUT2D eigenvalue weighted by Crippen LogP contribution is -2.29. The summed E-state index contributed by atoms with van der Waals surface area (Å²) in [5.41, 5.74) is 0. The normalized spacial score (nSPS) is 27.1. The minimum Gasteiger partial charge on any atom is -0.410 e. The zero-order valence-electron chi connectivity index (χ0n) is 6.31. The molecule has 0 aromatic carbocycles. The molecule has 2 N–H and O–H groups in total. The molecule has 1 atom stereocenters. The first kappa shape index (κ1) is 10.1. The van der Waals surface area contributed by atoms with Gasteiger partial charge in [0, 0.05) is 12.1 Å². The van der Waals surface area contributed by atoms with Crippen LogP contribution in [0.5, 0.6) is 0 Å². The monoisotopic (exact) mass is 224 g/mol. The average molecular weight is 224 g/mol. The quantitative estimate of drug-likeness (QED) is 0.513. The molecule has 4 nitrogen and oxygen atoms in total. The number of rotatable bonds is 1. The molecule has 68 valence electrons. The molecule has 1 fully saturated rings. The van der Waals surface area contributed by atoms with E-state index in [9.17, 15) is 4.79 Å². The van der Waals surface area contributed by atoms with Crippen LogP contribution in [0, 0.1) is 0 Å². The maximum atomic E-state index is 11.1. The van der Waals surface area contributed by atoms with Crippen molar-refractivity contribution in [2.24, 2.45) is 5.16 Å². The van der Waals surface area contributed by atoms with Crippen molar-refractivity contribution >= 4 is 45.6 Å². The van der Waals surface area contributed by atoms with Crippen molar-refractivity contribution in [1.82, 2.24) is 5.32 Å². The zero-order valence-corrected chi connectivity index (χ0v) is 8.76. The van der Waals surface area contributed by atoms with Crippen LogP contribution in [-0.4, -0.2) is 32.2 Å². The van der Waals surface area contributed by atoms with E-state index in [0.29, 0.717) is 4.38 Å². The molecule has 0 radical (unpaired) electrons. The fourth-order valence-corrected chi connectivity index (χ4v) is 4.78. The second-order valence-electron chi connectivity index (χ2n) is 1.86. The molecule has 7 heteroatoms. The largest absolute Gasteiger partial charge is 0.410 e. The minimum atomic E-state index is -0.179. The van der Waals surface area contributed by atoms with Gasteiger partial charge in [0.15, 0.2) is 4.38 Å². The van der Waals surface area contributed by atoms with Gasteiger partial charge in [0.2, 0.25) is 5.91 Å². The van der Waals surface area contributed by atoms with E-state index in [4.69, 9.17) is 5.21 Å². The summed E-state index contributed by atoms with van der Waals surface area (Å²) in [6, 6.07) is 0. The van der Waals surface area contributed by atoms with Crippen LogP contribution in [0.2, 0.25) is 0 Å². The highest BCUT2D eigenvalue weighted by Crippen LogP contribution is 2.37. The molecule has 0 saturated carbocycles. The number of nitrogens with zero attached hydrogens (tertiary/aromatic N) is 1. The summed E-state index contributed by atoms with van der Waals surface area (Å²) in [4.78, 5) is 11.1. The van der Waals surface area contributed by atoms with Crippen LogP contribution in [0.3, 0.4) is 0 Å². The highest BCUT2D eigenvalue weighted by atomic mass is 32.3. The maximum Gasteiger partial charge on any atom is 0.243 e. The Morgan fingerprint density at radius 2 is 2.58 bits per heavy atom. The molecule has 1 saturated heterocycles. The van der Waals surface area contributed by atoms with E-state index in [1.54, 1.807) is 7.05 Å². The zero-order chi connectivity index (χ0) is 8.97. The van der Waals surface area contributed by atoms with E-state index >= 15 is 0 Å². The summed E-state index contributed by atoms with van der Waals surface area (Å²) in [5, 5.41) is 14.8. The third-order valence-electron chi connectivity index (χ3n) is 1.15. The van der Waals surface area contributed by atoms with Crippen LogP contribution in [0.1, 0.15) is 0 Å². The summed E-state index contributed by atoms with van der Waals surface area (Å²) in [5.74, 6) is -0.0357. The third-order valence-corrected chi connectivity index (χ3v) is 5.06. The van der Waals surface area contributed by atoms with Crippen LogP contribution in [-0.2, 0) is 4.79 Å². The highest BCUT2D eigenvalue weighted by Gasteiger charge is 2.25. The van der Waals surface area contributed by atoms with Gasteiger partial charge in [0.25, 0.3) is 0 Å². The third kappa shape index (κ3) is 2.49.